The van der Waals surface area contributed by atoms with Crippen molar-refractivity contribution in [3.8, 4) is 11.5 Å². The van der Waals surface area contributed by atoms with Crippen LogP contribution in [0.5, 0.6) is 11.5 Å². The van der Waals surface area contributed by atoms with E-state index in [1.807, 2.05) is 12.1 Å². The highest BCUT2D eigenvalue weighted by atomic mass is 35.5. The predicted molar refractivity (Wildman–Crippen MR) is 136 cm³/mol. The van der Waals surface area contributed by atoms with Crippen LogP contribution < -0.4 is 14.8 Å². The third-order valence-corrected chi connectivity index (χ3v) is 5.89. The topological polar surface area (TPSA) is 33.7 Å². The minimum atomic E-state index is 0.459. The largest absolute Gasteiger partial charge is 0.493 e. The van der Waals surface area contributed by atoms with Gasteiger partial charge in [0.2, 0.25) is 0 Å². The van der Waals surface area contributed by atoms with E-state index >= 15 is 0 Å². The number of nitrogens with zero attached hydrogens (tertiary/aromatic N) is 1. The van der Waals surface area contributed by atoms with Gasteiger partial charge in [0.1, 0.15) is 6.61 Å². The number of hydrogen-bond donors (Lipinski definition) is 1. The zero-order chi connectivity index (χ0) is 23.2. The van der Waals surface area contributed by atoms with E-state index in [1.54, 1.807) is 7.11 Å². The van der Waals surface area contributed by atoms with Gasteiger partial charge < -0.3 is 19.7 Å². The number of halogens is 1. The molecule has 0 aliphatic carbocycles. The van der Waals surface area contributed by atoms with Gasteiger partial charge in [-0.25, -0.2) is 0 Å². The molecule has 0 saturated heterocycles. The summed E-state index contributed by atoms with van der Waals surface area (Å²) in [7, 11) is 1.66. The molecule has 0 aliphatic rings. The van der Waals surface area contributed by atoms with Crippen molar-refractivity contribution in [2.45, 2.75) is 66.0 Å². The molecule has 0 bridgehead atoms. The molecule has 4 nitrogen and oxygen atoms in total. The first kappa shape index (κ1) is 26.5. The van der Waals surface area contributed by atoms with Crippen molar-refractivity contribution in [1.29, 1.82) is 0 Å². The monoisotopic (exact) mass is 460 g/mol. The van der Waals surface area contributed by atoms with Gasteiger partial charge in [-0.3, -0.25) is 0 Å². The molecule has 5 heteroatoms. The molecule has 0 heterocycles. The molecule has 0 unspecified atom stereocenters. The Morgan fingerprint density at radius 3 is 2.19 bits per heavy atom. The molecular weight excluding hydrogens is 420 g/mol. The fourth-order valence-corrected chi connectivity index (χ4v) is 3.90. The zero-order valence-corrected chi connectivity index (χ0v) is 21.1. The van der Waals surface area contributed by atoms with Gasteiger partial charge in [0.15, 0.2) is 11.5 Å². The van der Waals surface area contributed by atoms with Gasteiger partial charge in [-0.15, -0.1) is 0 Å². The van der Waals surface area contributed by atoms with Crippen LogP contribution in [0, 0.1) is 6.92 Å². The highest BCUT2D eigenvalue weighted by Crippen LogP contribution is 2.37. The smallest absolute Gasteiger partial charge is 0.180 e. The van der Waals surface area contributed by atoms with Crippen molar-refractivity contribution >= 4 is 11.6 Å². The number of nitrogens with one attached hydrogen (secondary N) is 1. The van der Waals surface area contributed by atoms with E-state index in [9.17, 15) is 0 Å². The molecule has 1 N–H and O–H groups in total. The average Bonchev–Trinajstić information content (AvgIpc) is 2.80. The van der Waals surface area contributed by atoms with Gasteiger partial charge in [0, 0.05) is 6.54 Å². The summed E-state index contributed by atoms with van der Waals surface area (Å²) in [5, 5.41) is 4.13. The molecule has 2 aromatic carbocycles. The van der Waals surface area contributed by atoms with Crippen LogP contribution in [0.4, 0.5) is 0 Å². The summed E-state index contributed by atoms with van der Waals surface area (Å²) in [6.07, 6.45) is 6.24. The lowest BCUT2D eigenvalue weighted by Crippen LogP contribution is -2.29. The summed E-state index contributed by atoms with van der Waals surface area (Å²) in [5.41, 5.74) is 3.44. The Kier molecular flexibility index (Phi) is 12.5. The molecule has 0 amide bonds. The minimum absolute atomic E-state index is 0.459. The number of rotatable bonds is 16. The normalized spacial score (nSPS) is 11.2. The van der Waals surface area contributed by atoms with Crippen molar-refractivity contribution < 1.29 is 9.47 Å². The summed E-state index contributed by atoms with van der Waals surface area (Å²) in [5.74, 6) is 1.27. The van der Waals surface area contributed by atoms with E-state index in [-0.39, 0.29) is 0 Å². The fraction of sp³-hybridized carbons (Fsp3) is 0.556. The van der Waals surface area contributed by atoms with Gasteiger partial charge >= 0.3 is 0 Å². The molecule has 0 saturated carbocycles. The highest BCUT2D eigenvalue weighted by Gasteiger charge is 2.12. The molecule has 2 aromatic rings. The number of methoxy groups -OCH3 is 1. The Morgan fingerprint density at radius 1 is 0.906 bits per heavy atom. The van der Waals surface area contributed by atoms with E-state index in [1.165, 1.54) is 44.3 Å². The second-order valence-electron chi connectivity index (χ2n) is 8.46. The number of hydrogen-bond acceptors (Lipinski definition) is 4. The van der Waals surface area contributed by atoms with Gasteiger partial charge in [-0.05, 0) is 75.6 Å². The van der Waals surface area contributed by atoms with Crippen molar-refractivity contribution in [3.05, 3.63) is 58.1 Å². The fourth-order valence-electron chi connectivity index (χ4n) is 3.61. The molecule has 0 aliphatic heterocycles. The van der Waals surface area contributed by atoms with Crippen molar-refractivity contribution in [2.24, 2.45) is 0 Å². The Hall–Kier alpha value is -1.75. The lowest BCUT2D eigenvalue weighted by atomic mass is 10.1. The molecule has 0 aromatic heterocycles. The summed E-state index contributed by atoms with van der Waals surface area (Å²) in [6, 6.07) is 12.3. The lowest BCUT2D eigenvalue weighted by Gasteiger charge is -2.22. The van der Waals surface area contributed by atoms with Crippen LogP contribution in [-0.2, 0) is 13.2 Å². The molecule has 0 atom stereocenters. The standard InChI is InChI=1S/C27H41ClN2O2/c1-5-7-15-30(16-8-6-2)17-9-14-29-20-24-18-25(28)27(26(19-24)31-4)32-21-23-12-10-22(3)11-13-23/h10-13,18-19,29H,5-9,14-17,20-21H2,1-4H3. The summed E-state index contributed by atoms with van der Waals surface area (Å²) < 4.78 is 11.6. The van der Waals surface area contributed by atoms with Crippen molar-refractivity contribution in [2.75, 3.05) is 33.3 Å². The van der Waals surface area contributed by atoms with E-state index in [0.29, 0.717) is 23.1 Å². The maximum atomic E-state index is 6.54. The number of unbranched alkanes of at least 4 members (excludes halogenated alkanes) is 2. The molecule has 32 heavy (non-hydrogen) atoms. The van der Waals surface area contributed by atoms with E-state index < -0.39 is 0 Å². The van der Waals surface area contributed by atoms with Gasteiger partial charge in [-0.1, -0.05) is 68.1 Å². The lowest BCUT2D eigenvalue weighted by molar-refractivity contribution is 0.261. The Morgan fingerprint density at radius 2 is 1.56 bits per heavy atom. The molecule has 178 valence electrons. The summed E-state index contributed by atoms with van der Waals surface area (Å²) in [4.78, 5) is 2.61. The predicted octanol–water partition coefficient (Wildman–Crippen LogP) is 6.62. The van der Waals surface area contributed by atoms with Crippen LogP contribution in [-0.4, -0.2) is 38.2 Å². The van der Waals surface area contributed by atoms with E-state index in [4.69, 9.17) is 21.1 Å². The Labute approximate surface area is 200 Å². The first-order valence-electron chi connectivity index (χ1n) is 12.0. The SMILES string of the molecule is CCCCN(CCCC)CCCNCc1cc(Cl)c(OCc2ccc(C)cc2)c(OC)c1. The van der Waals surface area contributed by atoms with E-state index in [0.717, 1.165) is 37.2 Å². The second-order valence-corrected chi connectivity index (χ2v) is 8.87. The van der Waals surface area contributed by atoms with Crippen LogP contribution in [0.3, 0.4) is 0 Å². The first-order valence-corrected chi connectivity index (χ1v) is 12.4. The molecule has 0 spiro atoms. The number of ether oxygens (including phenoxy) is 2. The maximum absolute atomic E-state index is 6.54. The molecule has 0 radical (unpaired) electrons. The molecule has 2 rings (SSSR count). The highest BCUT2D eigenvalue weighted by molar-refractivity contribution is 6.32. The third kappa shape index (κ3) is 9.40. The quantitative estimate of drug-likeness (QED) is 0.285. The number of benzene rings is 2. The Balaban J connectivity index is 1.83. The number of aryl methyl sites for hydroxylation is 1. The summed E-state index contributed by atoms with van der Waals surface area (Å²) in [6.45, 7) is 12.4. The van der Waals surface area contributed by atoms with Crippen molar-refractivity contribution in [3.63, 3.8) is 0 Å². The third-order valence-electron chi connectivity index (χ3n) is 5.61. The minimum Gasteiger partial charge on any atom is -0.493 e. The first-order chi connectivity index (χ1) is 15.6. The van der Waals surface area contributed by atoms with E-state index in [2.05, 4.69) is 55.3 Å². The van der Waals surface area contributed by atoms with Crippen molar-refractivity contribution in [1.82, 2.24) is 10.2 Å². The zero-order valence-electron chi connectivity index (χ0n) is 20.4. The van der Waals surface area contributed by atoms with Gasteiger partial charge in [0.25, 0.3) is 0 Å². The Bertz CT molecular complexity index is 772. The molecular formula is C27H41ClN2O2. The van der Waals surface area contributed by atoms with Gasteiger partial charge in [-0.2, -0.15) is 0 Å². The van der Waals surface area contributed by atoms with Gasteiger partial charge in [0.05, 0.1) is 12.1 Å². The second kappa shape index (κ2) is 15.2. The maximum Gasteiger partial charge on any atom is 0.180 e. The van der Waals surface area contributed by atoms with Crippen LogP contribution in [0.15, 0.2) is 36.4 Å². The molecule has 0 fully saturated rings. The average molecular weight is 461 g/mol. The van der Waals surface area contributed by atoms with Crippen LogP contribution in [0.2, 0.25) is 5.02 Å². The van der Waals surface area contributed by atoms with Crippen LogP contribution >= 0.6 is 11.6 Å². The van der Waals surface area contributed by atoms with Crippen LogP contribution in [0.1, 0.15) is 62.6 Å². The summed E-state index contributed by atoms with van der Waals surface area (Å²) >= 11 is 6.54. The van der Waals surface area contributed by atoms with Crippen LogP contribution in [0.25, 0.3) is 0 Å².